The molecule has 11 nitrogen and oxygen atoms in total. The van der Waals surface area contributed by atoms with Gasteiger partial charge in [-0.1, -0.05) is 19.6 Å². The minimum atomic E-state index is -1.29. The second-order valence-electron chi connectivity index (χ2n) is 8.18. The van der Waals surface area contributed by atoms with Crippen LogP contribution in [0.15, 0.2) is 48.8 Å². The number of hydrogen-bond acceptors (Lipinski definition) is 8. The first-order chi connectivity index (χ1) is 16.7. The number of carboxylic acids is 1. The molecule has 3 unspecified atom stereocenters. The molecule has 0 aliphatic heterocycles. The number of carbonyl (C=O) groups excluding carboxylic acids is 1. The van der Waals surface area contributed by atoms with Gasteiger partial charge in [-0.25, -0.2) is 0 Å². The van der Waals surface area contributed by atoms with Gasteiger partial charge in [-0.15, -0.1) is 0 Å². The van der Waals surface area contributed by atoms with E-state index in [1.807, 2.05) is 18.2 Å². The van der Waals surface area contributed by atoms with Crippen molar-refractivity contribution in [1.82, 2.24) is 20.4 Å². The van der Waals surface area contributed by atoms with Gasteiger partial charge in [-0.3, -0.25) is 19.8 Å². The molecule has 202 valence electrons. The van der Waals surface area contributed by atoms with Crippen LogP contribution in [-0.4, -0.2) is 67.5 Å². The van der Waals surface area contributed by atoms with Crippen LogP contribution in [0.25, 0.3) is 21.8 Å². The van der Waals surface area contributed by atoms with Crippen molar-refractivity contribution in [3.63, 3.8) is 0 Å². The van der Waals surface area contributed by atoms with Crippen molar-refractivity contribution in [2.75, 3.05) is 13.2 Å². The number of rotatable bonds is 8. The molecule has 2 aromatic carbocycles. The average Bonchev–Trinajstić information content (AvgIpc) is 3.51. The number of nitrogens with zero attached hydrogens (tertiary/aromatic N) is 2. The average molecular weight is 539 g/mol. The van der Waals surface area contributed by atoms with Crippen LogP contribution in [0.3, 0.4) is 0 Å². The Hall–Kier alpha value is -2.80. The number of fused-ring (bicyclic) bond motifs is 2. The number of aromatic amines is 2. The normalized spacial score (nSPS) is 13.4. The molecular weight excluding hydrogens is 503 g/mol. The fraction of sp³-hybridized carbons (Fsp3) is 0.385. The predicted octanol–water partition coefficient (Wildman–Crippen LogP) is 0.953. The van der Waals surface area contributed by atoms with Crippen LogP contribution < -0.4 is 29.6 Å². The summed E-state index contributed by atoms with van der Waals surface area (Å²) in [6.07, 6.45) is 2.07. The molecule has 38 heavy (non-hydrogen) atoms. The molecule has 0 bridgehead atoms. The van der Waals surface area contributed by atoms with Crippen LogP contribution in [0.4, 0.5) is 0 Å². The number of aliphatic carboxylic acids is 1. The molecule has 4 aromatic rings. The minimum Gasteiger partial charge on any atom is -0.870 e. The smallest absolute Gasteiger partial charge is 0.870 e. The number of benzene rings is 2. The largest absolute Gasteiger partial charge is 1.00 e. The fourth-order valence-corrected chi connectivity index (χ4v) is 3.61. The Balaban J connectivity index is 0.000000710. The molecular formula is C26H35N4NaO7. The number of ether oxygens (including phenoxy) is 2. The molecule has 0 aliphatic rings. The topological polar surface area (TPSA) is 180 Å². The Bertz CT molecular complexity index is 1310. The van der Waals surface area contributed by atoms with E-state index in [9.17, 15) is 14.7 Å². The minimum absolute atomic E-state index is 0. The van der Waals surface area contributed by atoms with Gasteiger partial charge in [0.25, 0.3) is 0 Å². The van der Waals surface area contributed by atoms with E-state index in [-0.39, 0.29) is 49.1 Å². The Labute approximate surface area is 243 Å². The summed E-state index contributed by atoms with van der Waals surface area (Å²) in [5.41, 5.74) is 1.90. The molecule has 0 amide bonds. The number of H-pyrrole nitrogens is 2. The van der Waals surface area contributed by atoms with Crippen LogP contribution >= 0.6 is 0 Å². The molecule has 4 rings (SSSR count). The van der Waals surface area contributed by atoms with Gasteiger partial charge in [-0.2, -0.15) is 10.2 Å². The van der Waals surface area contributed by atoms with E-state index in [0.717, 1.165) is 27.4 Å². The van der Waals surface area contributed by atoms with Crippen molar-refractivity contribution in [2.24, 2.45) is 0 Å². The maximum Gasteiger partial charge on any atom is 1.00 e. The number of aliphatic hydroxyl groups excluding tert-OH is 1. The Morgan fingerprint density at radius 3 is 2.08 bits per heavy atom. The van der Waals surface area contributed by atoms with Crippen molar-refractivity contribution < 1.29 is 64.3 Å². The number of nitrogens with one attached hydrogen (secondary N) is 2. The van der Waals surface area contributed by atoms with Gasteiger partial charge in [-0.05, 0) is 63.1 Å². The Morgan fingerprint density at radius 1 is 1.00 bits per heavy atom. The zero-order valence-corrected chi connectivity index (χ0v) is 23.6. The molecule has 3 atom stereocenters. The van der Waals surface area contributed by atoms with E-state index < -0.39 is 29.6 Å². The van der Waals surface area contributed by atoms with Gasteiger partial charge in [0.1, 0.15) is 5.41 Å². The van der Waals surface area contributed by atoms with E-state index in [2.05, 4.69) is 20.4 Å². The standard InChI is InChI=1S/C15H20N2O4.C10H10N2O2.CH4.Na.H2O/c1-4-20-13(18)15(3,14(19)21-5-2)11-6-7-12-10(8-11)9-16-17-12;1-6(10(13)14)7-2-3-9-8(4-7)5-11-12-9;;;/h6-9,13,18H,4-5H2,1-3H3,(H,16,17);2-6H,1H3,(H,11,12)(H,13,14);1H4;;1H2/q;;;+1;/p-1. The van der Waals surface area contributed by atoms with Gasteiger partial charge in [0.2, 0.25) is 0 Å². The van der Waals surface area contributed by atoms with Crippen LogP contribution in [-0.2, 0) is 24.5 Å². The maximum atomic E-state index is 12.4. The molecule has 0 saturated heterocycles. The summed E-state index contributed by atoms with van der Waals surface area (Å²) < 4.78 is 10.4. The van der Waals surface area contributed by atoms with Gasteiger partial charge < -0.3 is 25.2 Å². The van der Waals surface area contributed by atoms with Gasteiger partial charge in [0.05, 0.1) is 36.0 Å². The Kier molecular flexibility index (Phi) is 14.4. The number of aromatic nitrogens is 4. The molecule has 2 aromatic heterocycles. The zero-order chi connectivity index (χ0) is 25.6. The van der Waals surface area contributed by atoms with Crippen LogP contribution in [0, 0.1) is 0 Å². The molecule has 5 N–H and O–H groups in total. The quantitative estimate of drug-likeness (QED) is 0.144. The van der Waals surface area contributed by atoms with E-state index >= 15 is 0 Å². The molecule has 0 aliphatic carbocycles. The summed E-state index contributed by atoms with van der Waals surface area (Å²) in [6, 6.07) is 10.9. The number of esters is 1. The SMILES string of the molecule is C.CC(C(=O)O)c1ccc2[nH]ncc2c1.CCOC(=O)C(C)(c1ccc2[nH]ncc2c1)C(O)OCC.[Na+].[OH-]. The van der Waals surface area contributed by atoms with Crippen LogP contribution in [0.2, 0.25) is 0 Å². The van der Waals surface area contributed by atoms with Gasteiger partial charge in [0, 0.05) is 17.4 Å². The summed E-state index contributed by atoms with van der Waals surface area (Å²) in [5.74, 6) is -1.81. The van der Waals surface area contributed by atoms with E-state index in [1.54, 1.807) is 58.3 Å². The monoisotopic (exact) mass is 538 g/mol. The van der Waals surface area contributed by atoms with Crippen molar-refractivity contribution in [3.05, 3.63) is 59.9 Å². The number of carboxylic acid groups (broad SMARTS) is 1. The van der Waals surface area contributed by atoms with Crippen molar-refractivity contribution in [2.45, 2.75) is 52.7 Å². The van der Waals surface area contributed by atoms with Crippen molar-refractivity contribution >= 4 is 33.7 Å². The van der Waals surface area contributed by atoms with E-state index in [0.29, 0.717) is 12.2 Å². The molecule has 0 radical (unpaired) electrons. The second kappa shape index (κ2) is 15.6. The molecule has 0 saturated carbocycles. The molecule has 12 heteroatoms. The maximum absolute atomic E-state index is 12.4. The molecule has 0 fully saturated rings. The number of aliphatic hydroxyl groups is 1. The molecule has 0 spiro atoms. The summed E-state index contributed by atoms with van der Waals surface area (Å²) in [5, 5.41) is 34.4. The third-order valence-corrected chi connectivity index (χ3v) is 5.89. The summed E-state index contributed by atoms with van der Waals surface area (Å²) in [6.45, 7) is 7.31. The Morgan fingerprint density at radius 2 is 1.55 bits per heavy atom. The second-order valence-corrected chi connectivity index (χ2v) is 8.18. The van der Waals surface area contributed by atoms with Gasteiger partial charge >= 0.3 is 41.5 Å². The first-order valence-electron chi connectivity index (χ1n) is 11.3. The van der Waals surface area contributed by atoms with E-state index in [4.69, 9.17) is 14.6 Å². The van der Waals surface area contributed by atoms with Crippen molar-refractivity contribution in [1.29, 1.82) is 0 Å². The predicted molar refractivity (Wildman–Crippen MR) is 139 cm³/mol. The third kappa shape index (κ3) is 7.62. The van der Waals surface area contributed by atoms with Crippen LogP contribution in [0.5, 0.6) is 0 Å². The summed E-state index contributed by atoms with van der Waals surface area (Å²) >= 11 is 0. The third-order valence-electron chi connectivity index (χ3n) is 5.89. The summed E-state index contributed by atoms with van der Waals surface area (Å²) in [4.78, 5) is 23.1. The molecule has 2 heterocycles. The number of hydrogen-bond donors (Lipinski definition) is 4. The number of carbonyl (C=O) groups is 2. The van der Waals surface area contributed by atoms with E-state index in [1.165, 1.54) is 0 Å². The first-order valence-corrected chi connectivity index (χ1v) is 11.3. The van der Waals surface area contributed by atoms with Crippen molar-refractivity contribution in [3.8, 4) is 0 Å². The van der Waals surface area contributed by atoms with Crippen LogP contribution in [0.1, 0.15) is 52.2 Å². The summed E-state index contributed by atoms with van der Waals surface area (Å²) in [7, 11) is 0. The zero-order valence-electron chi connectivity index (χ0n) is 21.6. The van der Waals surface area contributed by atoms with Gasteiger partial charge in [0.15, 0.2) is 6.29 Å². The fourth-order valence-electron chi connectivity index (χ4n) is 3.61. The first kappa shape index (κ1) is 35.2.